The fraction of sp³-hybridized carbons (Fsp3) is 0.400. The molecule has 1 aliphatic heterocycles. The highest BCUT2D eigenvalue weighted by Crippen LogP contribution is 2.38. The van der Waals surface area contributed by atoms with Crippen molar-refractivity contribution in [1.82, 2.24) is 29.7 Å². The summed E-state index contributed by atoms with van der Waals surface area (Å²) < 4.78 is 36.3. The molecule has 1 saturated heterocycles. The largest absolute Gasteiger partial charge is 0.373 e. The lowest BCUT2D eigenvalue weighted by Gasteiger charge is -2.28. The van der Waals surface area contributed by atoms with Gasteiger partial charge in [0, 0.05) is 42.0 Å². The smallest absolute Gasteiger partial charge is 0.182 e. The molecular formula is C25H26F2N6O. The Morgan fingerprint density at radius 1 is 1.06 bits per heavy atom. The van der Waals surface area contributed by atoms with E-state index in [1.807, 2.05) is 30.9 Å². The number of aromatic nitrogens is 6. The average Bonchev–Trinajstić information content (AvgIpc) is 3.31. The molecule has 4 heterocycles. The number of fused-ring (bicyclic) bond motifs is 1. The lowest BCUT2D eigenvalue weighted by molar-refractivity contribution is 0.00395. The van der Waals surface area contributed by atoms with Crippen LogP contribution >= 0.6 is 0 Å². The summed E-state index contributed by atoms with van der Waals surface area (Å²) >= 11 is 0. The van der Waals surface area contributed by atoms with E-state index in [1.165, 1.54) is 12.1 Å². The molecule has 2 atom stereocenters. The Kier molecular flexibility index (Phi) is 5.81. The van der Waals surface area contributed by atoms with Gasteiger partial charge in [0.15, 0.2) is 5.65 Å². The maximum absolute atomic E-state index is 14.8. The summed E-state index contributed by atoms with van der Waals surface area (Å²) in [5.41, 5.74) is 3.77. The van der Waals surface area contributed by atoms with E-state index >= 15 is 0 Å². The summed E-state index contributed by atoms with van der Waals surface area (Å²) in [5, 5.41) is 4.43. The van der Waals surface area contributed by atoms with Crippen LogP contribution in [0.2, 0.25) is 0 Å². The highest BCUT2D eigenvalue weighted by molar-refractivity contribution is 5.87. The summed E-state index contributed by atoms with van der Waals surface area (Å²) in [6, 6.07) is 3.72. The third-order valence-corrected chi connectivity index (χ3v) is 6.32. The van der Waals surface area contributed by atoms with Gasteiger partial charge in [0.1, 0.15) is 28.7 Å². The van der Waals surface area contributed by atoms with E-state index in [0.29, 0.717) is 41.4 Å². The van der Waals surface area contributed by atoms with E-state index in [9.17, 15) is 8.78 Å². The van der Waals surface area contributed by atoms with Crippen molar-refractivity contribution in [3.8, 4) is 11.3 Å². The van der Waals surface area contributed by atoms with Crippen molar-refractivity contribution in [2.75, 3.05) is 6.61 Å². The molecule has 9 heteroatoms. The van der Waals surface area contributed by atoms with E-state index in [-0.39, 0.29) is 23.6 Å². The third kappa shape index (κ3) is 4.16. The SMILES string of the molecule is Cc1nc2nc([C@H]3CCO[C@H](c4cnn(C(C)C)c4)C3)nc(-c3ccc(F)cc3F)c2nc1C. The minimum atomic E-state index is -0.697. The summed E-state index contributed by atoms with van der Waals surface area (Å²) in [5.74, 6) is -0.798. The first-order valence-electron chi connectivity index (χ1n) is 11.4. The van der Waals surface area contributed by atoms with Gasteiger partial charge in [-0.3, -0.25) is 4.68 Å². The van der Waals surface area contributed by atoms with Gasteiger partial charge in [-0.2, -0.15) is 5.10 Å². The molecule has 1 aromatic carbocycles. The van der Waals surface area contributed by atoms with E-state index in [1.54, 1.807) is 0 Å². The minimum Gasteiger partial charge on any atom is -0.373 e. The molecule has 0 saturated carbocycles. The summed E-state index contributed by atoms with van der Waals surface area (Å²) in [7, 11) is 0. The zero-order chi connectivity index (χ0) is 24.0. The number of hydrogen-bond donors (Lipinski definition) is 0. The topological polar surface area (TPSA) is 78.6 Å². The van der Waals surface area contributed by atoms with Crippen LogP contribution in [0.4, 0.5) is 8.78 Å². The van der Waals surface area contributed by atoms with Gasteiger partial charge in [0.2, 0.25) is 0 Å². The van der Waals surface area contributed by atoms with Crippen molar-refractivity contribution in [2.24, 2.45) is 0 Å². The first kappa shape index (κ1) is 22.5. The second-order valence-electron chi connectivity index (χ2n) is 9.05. The van der Waals surface area contributed by atoms with Crippen molar-refractivity contribution in [3.05, 3.63) is 65.0 Å². The number of rotatable bonds is 4. The van der Waals surface area contributed by atoms with Crippen molar-refractivity contribution in [3.63, 3.8) is 0 Å². The van der Waals surface area contributed by atoms with Crippen LogP contribution in [0.1, 0.15) is 67.5 Å². The third-order valence-electron chi connectivity index (χ3n) is 6.32. The number of ether oxygens (including phenoxy) is 1. The summed E-state index contributed by atoms with van der Waals surface area (Å²) in [6.07, 6.45) is 5.10. The molecule has 7 nitrogen and oxygen atoms in total. The number of nitrogens with zero attached hydrogens (tertiary/aromatic N) is 6. The second kappa shape index (κ2) is 8.79. The van der Waals surface area contributed by atoms with Crippen LogP contribution in [0.15, 0.2) is 30.6 Å². The quantitative estimate of drug-likeness (QED) is 0.403. The Balaban J connectivity index is 1.58. The van der Waals surface area contributed by atoms with Gasteiger partial charge in [-0.25, -0.2) is 28.7 Å². The van der Waals surface area contributed by atoms with E-state index in [2.05, 4.69) is 28.9 Å². The molecule has 0 N–H and O–H groups in total. The van der Waals surface area contributed by atoms with Gasteiger partial charge in [-0.1, -0.05) is 0 Å². The van der Waals surface area contributed by atoms with Gasteiger partial charge in [-0.05, 0) is 52.7 Å². The first-order valence-corrected chi connectivity index (χ1v) is 11.4. The van der Waals surface area contributed by atoms with Gasteiger partial charge in [-0.15, -0.1) is 0 Å². The molecule has 3 aromatic heterocycles. The highest BCUT2D eigenvalue weighted by atomic mass is 19.1. The van der Waals surface area contributed by atoms with Gasteiger partial charge in [0.05, 0.1) is 23.7 Å². The maximum Gasteiger partial charge on any atom is 0.182 e. The van der Waals surface area contributed by atoms with Crippen LogP contribution < -0.4 is 0 Å². The van der Waals surface area contributed by atoms with E-state index in [0.717, 1.165) is 23.7 Å². The monoisotopic (exact) mass is 464 g/mol. The van der Waals surface area contributed by atoms with E-state index < -0.39 is 11.6 Å². The first-order chi connectivity index (χ1) is 16.3. The molecule has 34 heavy (non-hydrogen) atoms. The fourth-order valence-corrected chi connectivity index (χ4v) is 4.25. The number of aryl methyl sites for hydroxylation is 2. The molecule has 0 unspecified atom stereocenters. The lowest BCUT2D eigenvalue weighted by atomic mass is 9.92. The summed E-state index contributed by atoms with van der Waals surface area (Å²) in [6.45, 7) is 8.39. The zero-order valence-electron chi connectivity index (χ0n) is 19.6. The number of hydrogen-bond acceptors (Lipinski definition) is 6. The van der Waals surface area contributed by atoms with Gasteiger partial charge < -0.3 is 4.74 Å². The molecule has 0 aliphatic carbocycles. The molecule has 1 aliphatic rings. The molecule has 0 bridgehead atoms. The molecule has 176 valence electrons. The van der Waals surface area contributed by atoms with Crippen molar-refractivity contribution in [2.45, 2.75) is 58.6 Å². The minimum absolute atomic E-state index is 0.0174. The standard InChI is InChI=1S/C25H26F2N6O/c1-13(2)33-12-17(11-28-33)21-9-16(7-8-34-21)24-31-22(19-6-5-18(26)10-20(19)27)23-25(32-24)30-15(4)14(3)29-23/h5-6,10-13,16,21H,7-9H2,1-4H3/t16-,21-/m0/s1. The number of halogens is 2. The predicted molar refractivity (Wildman–Crippen MR) is 123 cm³/mol. The number of benzene rings is 1. The molecule has 0 radical (unpaired) electrons. The molecule has 5 rings (SSSR count). The van der Waals surface area contributed by atoms with Crippen molar-refractivity contribution in [1.29, 1.82) is 0 Å². The van der Waals surface area contributed by atoms with Gasteiger partial charge >= 0.3 is 0 Å². The average molecular weight is 465 g/mol. The van der Waals surface area contributed by atoms with Crippen LogP contribution in [0.3, 0.4) is 0 Å². The summed E-state index contributed by atoms with van der Waals surface area (Å²) in [4.78, 5) is 18.7. The zero-order valence-corrected chi connectivity index (χ0v) is 19.6. The Morgan fingerprint density at radius 3 is 2.59 bits per heavy atom. The Hall–Kier alpha value is -3.33. The van der Waals surface area contributed by atoms with Crippen LogP contribution in [0.25, 0.3) is 22.4 Å². The molecular weight excluding hydrogens is 438 g/mol. The highest BCUT2D eigenvalue weighted by Gasteiger charge is 2.29. The van der Waals surface area contributed by atoms with Crippen LogP contribution in [-0.2, 0) is 4.74 Å². The van der Waals surface area contributed by atoms with Crippen LogP contribution in [0, 0.1) is 25.5 Å². The molecule has 4 aromatic rings. The van der Waals surface area contributed by atoms with Gasteiger partial charge in [0.25, 0.3) is 0 Å². The fourth-order valence-electron chi connectivity index (χ4n) is 4.25. The molecule has 1 fully saturated rings. The lowest BCUT2D eigenvalue weighted by Crippen LogP contribution is -2.20. The second-order valence-corrected chi connectivity index (χ2v) is 9.05. The Bertz CT molecular complexity index is 1370. The Morgan fingerprint density at radius 2 is 1.85 bits per heavy atom. The van der Waals surface area contributed by atoms with Crippen molar-refractivity contribution < 1.29 is 13.5 Å². The maximum atomic E-state index is 14.8. The Labute approximate surface area is 196 Å². The predicted octanol–water partition coefficient (Wildman–Crippen LogP) is 5.39. The van der Waals surface area contributed by atoms with Crippen LogP contribution in [0.5, 0.6) is 0 Å². The van der Waals surface area contributed by atoms with Crippen molar-refractivity contribution >= 4 is 11.2 Å². The van der Waals surface area contributed by atoms with Crippen LogP contribution in [-0.4, -0.2) is 36.3 Å². The molecule has 0 amide bonds. The van der Waals surface area contributed by atoms with E-state index in [4.69, 9.17) is 14.7 Å². The normalized spacial score (nSPS) is 18.7. The molecule has 0 spiro atoms.